The van der Waals surface area contributed by atoms with Crippen LogP contribution in [0.15, 0.2) is 65.4 Å². The second-order valence-corrected chi connectivity index (χ2v) is 9.14. The van der Waals surface area contributed by atoms with Crippen LogP contribution in [0.2, 0.25) is 0 Å². The van der Waals surface area contributed by atoms with Gasteiger partial charge >= 0.3 is 6.18 Å². The highest BCUT2D eigenvalue weighted by Gasteiger charge is 2.48. The van der Waals surface area contributed by atoms with Gasteiger partial charge in [0.05, 0.1) is 11.3 Å². The molecule has 1 atom stereocenters. The summed E-state index contributed by atoms with van der Waals surface area (Å²) < 4.78 is 41.8. The van der Waals surface area contributed by atoms with E-state index in [2.05, 4.69) is 5.32 Å². The highest BCUT2D eigenvalue weighted by atomic mass is 19.4. The van der Waals surface area contributed by atoms with E-state index in [1.165, 1.54) is 18.2 Å². The summed E-state index contributed by atoms with van der Waals surface area (Å²) in [5.74, 6) is -1.59. The smallest absolute Gasteiger partial charge is 0.358 e. The van der Waals surface area contributed by atoms with Gasteiger partial charge in [-0.15, -0.1) is 0 Å². The molecule has 31 heavy (non-hydrogen) atoms. The molecule has 0 fully saturated rings. The summed E-state index contributed by atoms with van der Waals surface area (Å²) in [7, 11) is 0. The maximum absolute atomic E-state index is 13.9. The Kier molecular flexibility index (Phi) is 4.10. The number of rotatable bonds is 1. The molecule has 3 aliphatic rings. The fraction of sp³-hybridized carbons (Fsp3) is 0.280. The van der Waals surface area contributed by atoms with Gasteiger partial charge in [0.25, 0.3) is 0 Å². The number of Topliss-reactive ketones (excluding diaryl/α,β-unsaturated/α-hetero) is 2. The standard InChI is InChI=1S/C25H20F3NO2/c1-24(2)11-17-20(18(30)12-24)19(15-9-5-6-10-16(15)25(26,27)28)21-22(29-17)13-7-3-4-8-14(13)23(21)31/h3-10,19,29H,11-12H2,1-2H3/t19-/m0/s1. The van der Waals surface area contributed by atoms with E-state index in [0.717, 1.165) is 6.07 Å². The molecule has 0 unspecified atom stereocenters. The predicted octanol–water partition coefficient (Wildman–Crippen LogP) is 5.64. The highest BCUT2D eigenvalue weighted by molar-refractivity contribution is 6.23. The Hall–Kier alpha value is -3.15. The number of allylic oxidation sites excluding steroid dienone is 3. The minimum Gasteiger partial charge on any atom is -0.358 e. The number of benzene rings is 2. The van der Waals surface area contributed by atoms with Crippen molar-refractivity contribution in [3.05, 3.63) is 87.6 Å². The van der Waals surface area contributed by atoms with Crippen LogP contribution in [0.5, 0.6) is 0 Å². The molecule has 0 saturated heterocycles. The van der Waals surface area contributed by atoms with E-state index >= 15 is 0 Å². The Morgan fingerprint density at radius 3 is 2.26 bits per heavy atom. The first-order valence-electron chi connectivity index (χ1n) is 10.2. The van der Waals surface area contributed by atoms with Crippen molar-refractivity contribution in [1.82, 2.24) is 5.32 Å². The van der Waals surface area contributed by atoms with Crippen molar-refractivity contribution in [2.24, 2.45) is 5.41 Å². The van der Waals surface area contributed by atoms with Crippen molar-refractivity contribution in [3.8, 4) is 0 Å². The van der Waals surface area contributed by atoms with Gasteiger partial charge in [0.15, 0.2) is 11.6 Å². The third-order valence-electron chi connectivity index (χ3n) is 6.31. The Morgan fingerprint density at radius 2 is 1.55 bits per heavy atom. The van der Waals surface area contributed by atoms with Gasteiger partial charge in [0.1, 0.15) is 0 Å². The molecule has 0 bridgehead atoms. The number of dihydropyridines is 1. The lowest BCUT2D eigenvalue weighted by atomic mass is 9.68. The molecule has 2 aromatic carbocycles. The average Bonchev–Trinajstić information content (AvgIpc) is 2.97. The number of carbonyl (C=O) groups excluding carboxylic acids is 2. The van der Waals surface area contributed by atoms with E-state index in [1.54, 1.807) is 24.3 Å². The molecule has 0 saturated carbocycles. The van der Waals surface area contributed by atoms with Crippen LogP contribution in [0.4, 0.5) is 13.2 Å². The van der Waals surface area contributed by atoms with E-state index < -0.39 is 17.7 Å². The van der Waals surface area contributed by atoms with Crippen molar-refractivity contribution in [2.75, 3.05) is 0 Å². The summed E-state index contributed by atoms with van der Waals surface area (Å²) in [6.45, 7) is 3.93. The maximum atomic E-state index is 13.9. The summed E-state index contributed by atoms with van der Waals surface area (Å²) in [5, 5.41) is 3.28. The molecule has 2 aromatic rings. The van der Waals surface area contributed by atoms with Gasteiger partial charge in [-0.05, 0) is 23.5 Å². The zero-order valence-electron chi connectivity index (χ0n) is 17.1. The van der Waals surface area contributed by atoms with Crippen LogP contribution in [-0.4, -0.2) is 11.6 Å². The molecule has 1 heterocycles. The highest BCUT2D eigenvalue weighted by Crippen LogP contribution is 2.52. The lowest BCUT2D eigenvalue weighted by Crippen LogP contribution is -2.37. The van der Waals surface area contributed by atoms with Crippen LogP contribution in [-0.2, 0) is 11.0 Å². The van der Waals surface area contributed by atoms with Crippen molar-refractivity contribution in [1.29, 1.82) is 0 Å². The van der Waals surface area contributed by atoms with Gasteiger partial charge in [0, 0.05) is 40.3 Å². The number of ketones is 2. The zero-order chi connectivity index (χ0) is 22.1. The van der Waals surface area contributed by atoms with Crippen LogP contribution in [0.3, 0.4) is 0 Å². The quantitative estimate of drug-likeness (QED) is 0.645. The molecule has 0 aromatic heterocycles. The average molecular weight is 423 g/mol. The number of carbonyl (C=O) groups is 2. The minimum absolute atomic E-state index is 0.0503. The monoisotopic (exact) mass is 423 g/mol. The number of hydrogen-bond donors (Lipinski definition) is 1. The van der Waals surface area contributed by atoms with Gasteiger partial charge < -0.3 is 5.32 Å². The molecule has 2 aliphatic carbocycles. The lowest BCUT2D eigenvalue weighted by molar-refractivity contribution is -0.138. The first-order chi connectivity index (χ1) is 14.6. The molecule has 6 heteroatoms. The van der Waals surface area contributed by atoms with Crippen molar-refractivity contribution < 1.29 is 22.8 Å². The van der Waals surface area contributed by atoms with E-state index in [9.17, 15) is 22.8 Å². The molecule has 158 valence electrons. The molecule has 5 rings (SSSR count). The molecule has 0 amide bonds. The van der Waals surface area contributed by atoms with Crippen molar-refractivity contribution in [2.45, 2.75) is 38.8 Å². The molecule has 1 N–H and O–H groups in total. The third kappa shape index (κ3) is 2.96. The summed E-state index contributed by atoms with van der Waals surface area (Å²) in [6.07, 6.45) is -3.86. The van der Waals surface area contributed by atoms with E-state index in [-0.39, 0.29) is 40.1 Å². The fourth-order valence-corrected chi connectivity index (χ4v) is 5.11. The van der Waals surface area contributed by atoms with Gasteiger partial charge in [0.2, 0.25) is 0 Å². The first-order valence-corrected chi connectivity index (χ1v) is 10.2. The maximum Gasteiger partial charge on any atom is 0.416 e. The van der Waals surface area contributed by atoms with E-state index in [1.807, 2.05) is 13.8 Å². The molecule has 0 radical (unpaired) electrons. The molecular formula is C25H20F3NO2. The van der Waals surface area contributed by atoms with E-state index in [0.29, 0.717) is 28.9 Å². The second kappa shape index (κ2) is 6.42. The van der Waals surface area contributed by atoms with Crippen molar-refractivity contribution >= 4 is 17.3 Å². The normalized spacial score (nSPS) is 22.2. The number of halogens is 3. The molecular weight excluding hydrogens is 403 g/mol. The number of nitrogens with one attached hydrogen (secondary N) is 1. The molecule has 3 nitrogen and oxygen atoms in total. The van der Waals surface area contributed by atoms with Gasteiger partial charge in [-0.1, -0.05) is 56.3 Å². The Bertz CT molecular complexity index is 1220. The van der Waals surface area contributed by atoms with Crippen LogP contribution in [0.25, 0.3) is 5.70 Å². The first kappa shape index (κ1) is 19.8. The second-order valence-electron chi connectivity index (χ2n) is 9.14. The Balaban J connectivity index is 1.80. The molecule has 1 aliphatic heterocycles. The number of alkyl halides is 3. The molecule has 0 spiro atoms. The lowest BCUT2D eigenvalue weighted by Gasteiger charge is -2.39. The van der Waals surface area contributed by atoms with Crippen molar-refractivity contribution in [3.63, 3.8) is 0 Å². The van der Waals surface area contributed by atoms with Gasteiger partial charge in [-0.2, -0.15) is 13.2 Å². The summed E-state index contributed by atoms with van der Waals surface area (Å²) in [6, 6.07) is 12.2. The fourth-order valence-electron chi connectivity index (χ4n) is 5.11. The van der Waals surface area contributed by atoms with E-state index in [4.69, 9.17) is 0 Å². The number of hydrogen-bond acceptors (Lipinski definition) is 3. The topological polar surface area (TPSA) is 46.2 Å². The summed E-state index contributed by atoms with van der Waals surface area (Å²) >= 11 is 0. The largest absolute Gasteiger partial charge is 0.416 e. The predicted molar refractivity (Wildman–Crippen MR) is 110 cm³/mol. The Morgan fingerprint density at radius 1 is 0.903 bits per heavy atom. The van der Waals surface area contributed by atoms with Gasteiger partial charge in [-0.25, -0.2) is 0 Å². The van der Waals surface area contributed by atoms with Crippen LogP contribution in [0, 0.1) is 5.41 Å². The minimum atomic E-state index is -4.60. The summed E-state index contributed by atoms with van der Waals surface area (Å²) in [5.41, 5.74) is 1.57. The SMILES string of the molecule is CC1(C)CC(=O)C2=C(C1)NC1=C(C(=O)c3ccccc31)[C@H]2c1ccccc1C(F)(F)F. The van der Waals surface area contributed by atoms with Crippen LogP contribution in [0.1, 0.15) is 59.7 Å². The summed E-state index contributed by atoms with van der Waals surface area (Å²) in [4.78, 5) is 26.6. The third-order valence-corrected chi connectivity index (χ3v) is 6.31. The Labute approximate surface area is 177 Å². The zero-order valence-corrected chi connectivity index (χ0v) is 17.1. The number of fused-ring (bicyclic) bond motifs is 2. The van der Waals surface area contributed by atoms with Gasteiger partial charge in [-0.3, -0.25) is 9.59 Å². The van der Waals surface area contributed by atoms with Crippen LogP contribution < -0.4 is 5.32 Å². The van der Waals surface area contributed by atoms with Crippen LogP contribution >= 0.6 is 0 Å².